The number of methoxy groups -OCH3 is 2. The minimum atomic E-state index is -0.293. The summed E-state index contributed by atoms with van der Waals surface area (Å²) in [7, 11) is 10.4. The van der Waals surface area contributed by atoms with Gasteiger partial charge in [0.2, 0.25) is 5.78 Å². The van der Waals surface area contributed by atoms with E-state index < -0.39 is 0 Å². The topological polar surface area (TPSA) is 275 Å². The number of aryl methyl sites for hydroxylation is 5. The summed E-state index contributed by atoms with van der Waals surface area (Å²) in [5, 5.41) is 0.367. The largest absolute Gasteiger partial charge is 0.497 e. The van der Waals surface area contributed by atoms with Gasteiger partial charge in [-0.2, -0.15) is 0 Å². The lowest BCUT2D eigenvalue weighted by molar-refractivity contribution is -0.119. The molecule has 0 aliphatic carbocycles. The number of aromatic amines is 1. The van der Waals surface area contributed by atoms with Crippen LogP contribution in [0, 0.1) is 13.8 Å². The first-order valence-corrected chi connectivity index (χ1v) is 32.6. The highest BCUT2D eigenvalue weighted by atomic mass is 16.6. The van der Waals surface area contributed by atoms with E-state index in [1.54, 1.807) is 91.9 Å². The fourth-order valence-corrected chi connectivity index (χ4v) is 10.3. The second-order valence-electron chi connectivity index (χ2n) is 23.3. The molecule has 94 heavy (non-hydrogen) atoms. The van der Waals surface area contributed by atoms with Gasteiger partial charge in [-0.1, -0.05) is 19.8 Å². The molecule has 4 aromatic heterocycles. The van der Waals surface area contributed by atoms with Crippen LogP contribution >= 0.6 is 0 Å². The molecular formula is C70H100N8O16. The highest BCUT2D eigenvalue weighted by Gasteiger charge is 2.21. The zero-order chi connectivity index (χ0) is 68.2. The monoisotopic (exact) mass is 1310 g/mol. The molecule has 0 saturated heterocycles. The maximum absolute atomic E-state index is 12.9. The molecule has 4 heterocycles. The number of imidazole rings is 2. The number of rotatable bonds is 49. The number of ketones is 6. The van der Waals surface area contributed by atoms with Gasteiger partial charge in [-0.05, 0) is 108 Å². The molecule has 0 amide bonds. The second kappa shape index (κ2) is 42.7. The van der Waals surface area contributed by atoms with E-state index in [4.69, 9.17) is 42.6 Å². The van der Waals surface area contributed by atoms with Crippen LogP contribution in [0.1, 0.15) is 151 Å². The first-order chi connectivity index (χ1) is 45.3. The van der Waals surface area contributed by atoms with Crippen molar-refractivity contribution in [1.82, 2.24) is 38.5 Å². The zero-order valence-corrected chi connectivity index (χ0v) is 57.1. The van der Waals surface area contributed by atoms with E-state index in [9.17, 15) is 33.6 Å². The summed E-state index contributed by atoms with van der Waals surface area (Å²) in [5.41, 5.74) is 4.54. The summed E-state index contributed by atoms with van der Waals surface area (Å²) < 4.78 is 54.5. The molecule has 1 N–H and O–H groups in total. The Labute approximate surface area is 552 Å². The molecule has 0 unspecified atom stereocenters. The van der Waals surface area contributed by atoms with E-state index in [1.807, 2.05) is 26.0 Å². The number of unbranched alkanes of at least 4 members (excludes halogenated alkanes) is 3. The van der Waals surface area contributed by atoms with Crippen LogP contribution in [-0.2, 0) is 76.8 Å². The summed E-state index contributed by atoms with van der Waals surface area (Å²) in [6.45, 7) is 15.7. The normalized spacial score (nSPS) is 11.3. The lowest BCUT2D eigenvalue weighted by Crippen LogP contribution is -2.21. The third-order valence-corrected chi connectivity index (χ3v) is 15.3. The van der Waals surface area contributed by atoms with Gasteiger partial charge in [-0.15, -0.1) is 0 Å². The molecule has 24 nitrogen and oxygen atoms in total. The number of hydrogen-bond acceptors (Lipinski definition) is 20. The molecule has 6 aromatic rings. The van der Waals surface area contributed by atoms with E-state index in [1.165, 1.54) is 26.4 Å². The maximum atomic E-state index is 12.9. The Bertz CT molecular complexity index is 3380. The highest BCUT2D eigenvalue weighted by Crippen LogP contribution is 2.32. The number of H-pyrrole nitrogens is 1. The van der Waals surface area contributed by atoms with Gasteiger partial charge in [0.05, 0.1) is 117 Å². The van der Waals surface area contributed by atoms with Gasteiger partial charge in [-0.25, -0.2) is 15.0 Å². The number of fused-ring (bicyclic) bond motifs is 1. The van der Waals surface area contributed by atoms with Crippen LogP contribution in [0.5, 0.6) is 17.2 Å². The van der Waals surface area contributed by atoms with Gasteiger partial charge >= 0.3 is 0 Å². The summed E-state index contributed by atoms with van der Waals surface area (Å²) in [6.07, 6.45) is 15.5. The van der Waals surface area contributed by atoms with Crippen molar-refractivity contribution < 1.29 is 71.4 Å². The number of Topliss-reactive ketones (excluding diaryl/α,β-unsaturated/α-hetero) is 6. The van der Waals surface area contributed by atoms with Crippen molar-refractivity contribution in [3.05, 3.63) is 105 Å². The van der Waals surface area contributed by atoms with Crippen LogP contribution < -0.4 is 19.8 Å². The van der Waals surface area contributed by atoms with Gasteiger partial charge in [0.25, 0.3) is 5.56 Å². The van der Waals surface area contributed by atoms with E-state index in [0.29, 0.717) is 169 Å². The average Bonchev–Trinajstić information content (AvgIpc) is 1.08. The van der Waals surface area contributed by atoms with Crippen molar-refractivity contribution >= 4 is 45.6 Å². The molecule has 0 aliphatic rings. The average molecular weight is 1310 g/mol. The predicted octanol–water partition coefficient (Wildman–Crippen LogP) is 8.98. The molecule has 0 atom stereocenters. The lowest BCUT2D eigenvalue weighted by atomic mass is 10.0. The summed E-state index contributed by atoms with van der Waals surface area (Å²) in [4.78, 5) is 105. The van der Waals surface area contributed by atoms with E-state index >= 15 is 0 Å². The van der Waals surface area contributed by atoms with Crippen molar-refractivity contribution in [2.75, 3.05) is 120 Å². The molecule has 0 fully saturated rings. The first kappa shape index (κ1) is 77.1. The number of aromatic nitrogens is 7. The number of hydrogen-bond donors (Lipinski definition) is 1. The minimum absolute atomic E-state index is 0.0547. The molecule has 0 aliphatic heterocycles. The Kier molecular flexibility index (Phi) is 35.0. The molecule has 2 aromatic carbocycles. The molecule has 0 spiro atoms. The summed E-state index contributed by atoms with van der Waals surface area (Å²) in [6, 6.07) is 8.96. The standard InChI is InChI=1S/C36H52N6O5.C34H48N2O11/c1-6-7-9-19-39(2)20-10-8-13-29(43)14-11-17-33(46)36-38-28(26-42(36)5)24-30(44)15-12-16-32(45)31-22-27(25-41(31)4)23-34(47)35-37-18-21-40(35)3;1-24-20-27(33-35-29-22-28(39-4)23-30(40-5)31(29)34(38)36-33)21-25(2)32(24)47-19-18-46-17-16-45-15-14-44-13-12-43-11-10-42-9-8-41-7-6-26(3)37/h18,21-22,25-26H,6-17,19-20,23-24H2,1-5H3;20-23H,6-19H2,1-5H3,(H,35,36,38). The van der Waals surface area contributed by atoms with Crippen LogP contribution in [0.15, 0.2) is 59.9 Å². The van der Waals surface area contributed by atoms with Crippen LogP contribution in [-0.4, -0.2) is 193 Å². The smallest absolute Gasteiger partial charge is 0.262 e. The molecule has 6 rings (SSSR count). The van der Waals surface area contributed by atoms with Crippen molar-refractivity contribution in [2.45, 2.75) is 124 Å². The van der Waals surface area contributed by atoms with Gasteiger partial charge < -0.3 is 66.2 Å². The Morgan fingerprint density at radius 3 is 1.71 bits per heavy atom. The SMILES string of the molecule is CCCCCN(C)CCCCC(=O)CCCC(=O)c1nc(CC(=O)CCCC(=O)c2cc(CC(=O)c3nccn3C)cn2C)cn1C.COc1cc(OC)c2c(=O)[nH]c(-c3cc(C)c(OCCOCCOCCOCCOCCOCCOCCC(C)=O)c(C)c3)nc2c1. The number of carbonyl (C=O) groups excluding carboxylic acids is 6. The number of benzene rings is 2. The Morgan fingerprint density at radius 2 is 1.14 bits per heavy atom. The third-order valence-electron chi connectivity index (χ3n) is 15.3. The zero-order valence-electron chi connectivity index (χ0n) is 57.1. The second-order valence-corrected chi connectivity index (χ2v) is 23.3. The number of nitrogens with one attached hydrogen (secondary N) is 1. The summed E-state index contributed by atoms with van der Waals surface area (Å²) >= 11 is 0. The third kappa shape index (κ3) is 27.4. The number of ether oxygens (including phenoxy) is 9. The predicted molar refractivity (Wildman–Crippen MR) is 357 cm³/mol. The maximum Gasteiger partial charge on any atom is 0.262 e. The van der Waals surface area contributed by atoms with Crippen LogP contribution in [0.2, 0.25) is 0 Å². The molecule has 0 bridgehead atoms. The van der Waals surface area contributed by atoms with Crippen molar-refractivity contribution in [3.8, 4) is 28.6 Å². The Morgan fingerprint density at radius 1 is 0.564 bits per heavy atom. The molecule has 24 heteroatoms. The van der Waals surface area contributed by atoms with Gasteiger partial charge in [0, 0.05) is 109 Å². The minimum Gasteiger partial charge on any atom is -0.497 e. The first-order valence-electron chi connectivity index (χ1n) is 32.6. The van der Waals surface area contributed by atoms with Crippen LogP contribution in [0.25, 0.3) is 22.3 Å². The van der Waals surface area contributed by atoms with E-state index in [-0.39, 0.29) is 72.4 Å². The van der Waals surface area contributed by atoms with Gasteiger partial charge in [-0.3, -0.25) is 33.6 Å². The Balaban J connectivity index is 0.000000341. The van der Waals surface area contributed by atoms with Gasteiger partial charge in [0.15, 0.2) is 23.2 Å². The molecule has 0 saturated carbocycles. The quantitative estimate of drug-likeness (QED) is 0.0275. The lowest BCUT2D eigenvalue weighted by Gasteiger charge is -2.15. The van der Waals surface area contributed by atoms with Gasteiger partial charge in [0.1, 0.15) is 52.4 Å². The van der Waals surface area contributed by atoms with Crippen LogP contribution in [0.4, 0.5) is 0 Å². The Hall–Kier alpha value is -7.58. The van der Waals surface area contributed by atoms with Crippen LogP contribution in [0.3, 0.4) is 0 Å². The fraction of sp³-hybridized carbons (Fsp3) is 0.571. The van der Waals surface area contributed by atoms with Crippen molar-refractivity contribution in [3.63, 3.8) is 0 Å². The van der Waals surface area contributed by atoms with E-state index in [0.717, 1.165) is 53.9 Å². The van der Waals surface area contributed by atoms with Crippen molar-refractivity contribution in [2.24, 2.45) is 21.1 Å². The number of carbonyl (C=O) groups is 6. The number of nitrogens with zero attached hydrogens (tertiary/aromatic N) is 7. The molecule has 0 radical (unpaired) electrons. The fourth-order valence-electron chi connectivity index (χ4n) is 10.3. The van der Waals surface area contributed by atoms with Crippen molar-refractivity contribution in [1.29, 1.82) is 0 Å². The van der Waals surface area contributed by atoms with E-state index in [2.05, 4.69) is 38.8 Å². The summed E-state index contributed by atoms with van der Waals surface area (Å²) in [5.74, 6) is 2.73. The highest BCUT2D eigenvalue weighted by molar-refractivity contribution is 5.97. The molecule has 516 valence electrons. The molecular weight excluding hydrogens is 1210 g/mol.